The molecule has 0 bridgehead atoms. The van der Waals surface area contributed by atoms with E-state index in [9.17, 15) is 4.39 Å². The Bertz CT molecular complexity index is 586. The lowest BCUT2D eigenvalue weighted by molar-refractivity contribution is 0.282. The van der Waals surface area contributed by atoms with Crippen LogP contribution in [0.15, 0.2) is 42.5 Å². The number of hydrogen-bond donors (Lipinski definition) is 2. The number of aliphatic hydroxyl groups is 1. The number of halogens is 1. The zero-order chi connectivity index (χ0) is 14.5. The molecule has 0 aliphatic heterocycles. The summed E-state index contributed by atoms with van der Waals surface area (Å²) in [5.41, 5.74) is 2.68. The number of rotatable bonds is 5. The minimum Gasteiger partial charge on any atom is -0.494 e. The van der Waals surface area contributed by atoms with Gasteiger partial charge in [-0.1, -0.05) is 18.2 Å². The van der Waals surface area contributed by atoms with Crippen molar-refractivity contribution in [3.8, 4) is 5.75 Å². The third-order valence-corrected chi connectivity index (χ3v) is 3.17. The van der Waals surface area contributed by atoms with E-state index in [-0.39, 0.29) is 24.2 Å². The smallest absolute Gasteiger partial charge is 0.165 e. The molecule has 106 valence electrons. The molecule has 1 unspecified atom stereocenters. The molecule has 0 heterocycles. The van der Waals surface area contributed by atoms with E-state index in [1.54, 1.807) is 12.1 Å². The van der Waals surface area contributed by atoms with E-state index in [4.69, 9.17) is 9.84 Å². The number of anilines is 1. The fourth-order valence-electron chi connectivity index (χ4n) is 2.04. The van der Waals surface area contributed by atoms with Gasteiger partial charge in [0.15, 0.2) is 11.6 Å². The lowest BCUT2D eigenvalue weighted by atomic mass is 10.1. The Labute approximate surface area is 118 Å². The van der Waals surface area contributed by atoms with Gasteiger partial charge in [0.25, 0.3) is 0 Å². The quantitative estimate of drug-likeness (QED) is 0.877. The zero-order valence-electron chi connectivity index (χ0n) is 11.6. The van der Waals surface area contributed by atoms with Gasteiger partial charge in [0.2, 0.25) is 0 Å². The summed E-state index contributed by atoms with van der Waals surface area (Å²) in [7, 11) is 1.45. The average molecular weight is 275 g/mol. The molecule has 0 spiro atoms. The van der Waals surface area contributed by atoms with E-state index >= 15 is 0 Å². The van der Waals surface area contributed by atoms with Gasteiger partial charge in [-0.25, -0.2) is 4.39 Å². The van der Waals surface area contributed by atoms with Crippen molar-refractivity contribution in [3.05, 3.63) is 59.4 Å². The number of benzene rings is 2. The highest BCUT2D eigenvalue weighted by Crippen LogP contribution is 2.25. The molecule has 0 saturated carbocycles. The number of hydrogen-bond acceptors (Lipinski definition) is 3. The van der Waals surface area contributed by atoms with Crippen molar-refractivity contribution in [1.29, 1.82) is 0 Å². The van der Waals surface area contributed by atoms with E-state index in [0.29, 0.717) is 0 Å². The third-order valence-electron chi connectivity index (χ3n) is 3.17. The van der Waals surface area contributed by atoms with Gasteiger partial charge in [0, 0.05) is 11.7 Å². The summed E-state index contributed by atoms with van der Waals surface area (Å²) in [5, 5.41) is 12.4. The normalized spacial score (nSPS) is 12.0. The summed E-state index contributed by atoms with van der Waals surface area (Å²) in [5.74, 6) is -0.133. The van der Waals surface area contributed by atoms with Gasteiger partial charge < -0.3 is 15.2 Å². The molecule has 3 nitrogen and oxygen atoms in total. The number of nitrogens with one attached hydrogen (secondary N) is 1. The molecule has 0 fully saturated rings. The zero-order valence-corrected chi connectivity index (χ0v) is 11.6. The second kappa shape index (κ2) is 6.39. The first kappa shape index (κ1) is 14.3. The molecule has 0 radical (unpaired) electrons. The molecule has 4 heteroatoms. The third kappa shape index (κ3) is 3.27. The average Bonchev–Trinajstić information content (AvgIpc) is 2.47. The topological polar surface area (TPSA) is 41.5 Å². The molecule has 1 atom stereocenters. The maximum Gasteiger partial charge on any atom is 0.165 e. The minimum atomic E-state index is -0.370. The SMILES string of the molecule is COc1cc(C(C)Nc2cccc(CO)c2)ccc1F. The highest BCUT2D eigenvalue weighted by atomic mass is 19.1. The molecule has 2 N–H and O–H groups in total. The maximum atomic E-state index is 13.4. The molecule has 0 aliphatic rings. The van der Waals surface area contributed by atoms with Crippen molar-refractivity contribution in [1.82, 2.24) is 0 Å². The van der Waals surface area contributed by atoms with Gasteiger partial charge in [-0.2, -0.15) is 0 Å². The van der Waals surface area contributed by atoms with E-state index in [2.05, 4.69) is 5.32 Å². The van der Waals surface area contributed by atoms with Crippen LogP contribution in [0.5, 0.6) is 5.75 Å². The van der Waals surface area contributed by atoms with Crippen LogP contribution in [-0.2, 0) is 6.61 Å². The Hall–Kier alpha value is -2.07. The van der Waals surface area contributed by atoms with Crippen LogP contribution in [0.4, 0.5) is 10.1 Å². The summed E-state index contributed by atoms with van der Waals surface area (Å²) >= 11 is 0. The molecule has 2 rings (SSSR count). The van der Waals surface area contributed by atoms with Crippen LogP contribution in [0, 0.1) is 5.82 Å². The monoisotopic (exact) mass is 275 g/mol. The van der Waals surface area contributed by atoms with Crippen LogP contribution in [0.2, 0.25) is 0 Å². The van der Waals surface area contributed by atoms with Crippen molar-refractivity contribution in [2.45, 2.75) is 19.6 Å². The van der Waals surface area contributed by atoms with E-state index in [1.807, 2.05) is 31.2 Å². The fraction of sp³-hybridized carbons (Fsp3) is 0.250. The van der Waals surface area contributed by atoms with Crippen molar-refractivity contribution in [3.63, 3.8) is 0 Å². The van der Waals surface area contributed by atoms with Gasteiger partial charge >= 0.3 is 0 Å². The van der Waals surface area contributed by atoms with Gasteiger partial charge in [0.1, 0.15) is 0 Å². The summed E-state index contributed by atoms with van der Waals surface area (Å²) in [4.78, 5) is 0. The molecule has 0 aliphatic carbocycles. The molecule has 20 heavy (non-hydrogen) atoms. The van der Waals surface area contributed by atoms with E-state index in [0.717, 1.165) is 16.8 Å². The Morgan fingerprint density at radius 2 is 2.05 bits per heavy atom. The van der Waals surface area contributed by atoms with Crippen LogP contribution in [-0.4, -0.2) is 12.2 Å². The molecule has 2 aromatic rings. The van der Waals surface area contributed by atoms with Crippen LogP contribution in [0.1, 0.15) is 24.1 Å². The Morgan fingerprint density at radius 3 is 2.75 bits per heavy atom. The maximum absolute atomic E-state index is 13.4. The standard InChI is InChI=1S/C16H18FNO2/c1-11(13-6-7-15(17)16(9-13)20-2)18-14-5-3-4-12(8-14)10-19/h3-9,11,18-19H,10H2,1-2H3. The van der Waals surface area contributed by atoms with Gasteiger partial charge in [0.05, 0.1) is 13.7 Å². The Balaban J connectivity index is 2.16. The van der Waals surface area contributed by atoms with Crippen LogP contribution < -0.4 is 10.1 Å². The predicted octanol–water partition coefficient (Wildman–Crippen LogP) is 3.50. The van der Waals surface area contributed by atoms with E-state index in [1.165, 1.54) is 13.2 Å². The minimum absolute atomic E-state index is 0.00144. The van der Waals surface area contributed by atoms with Crippen molar-refractivity contribution in [2.24, 2.45) is 0 Å². The van der Waals surface area contributed by atoms with Gasteiger partial charge in [-0.05, 0) is 42.3 Å². The van der Waals surface area contributed by atoms with Crippen LogP contribution in [0.25, 0.3) is 0 Å². The summed E-state index contributed by atoms with van der Waals surface area (Å²) in [6.45, 7) is 1.99. The first-order valence-corrected chi connectivity index (χ1v) is 6.44. The lowest BCUT2D eigenvalue weighted by Gasteiger charge is -2.17. The highest BCUT2D eigenvalue weighted by molar-refractivity contribution is 5.48. The molecule has 0 aromatic heterocycles. The highest BCUT2D eigenvalue weighted by Gasteiger charge is 2.09. The fourth-order valence-corrected chi connectivity index (χ4v) is 2.04. The molecule has 0 saturated heterocycles. The van der Waals surface area contributed by atoms with Crippen LogP contribution in [0.3, 0.4) is 0 Å². The van der Waals surface area contributed by atoms with Crippen molar-refractivity contribution in [2.75, 3.05) is 12.4 Å². The van der Waals surface area contributed by atoms with Crippen LogP contribution >= 0.6 is 0 Å². The first-order chi connectivity index (χ1) is 9.63. The Morgan fingerprint density at radius 1 is 1.25 bits per heavy atom. The summed E-state index contributed by atoms with van der Waals surface area (Å²) in [6.07, 6.45) is 0. The van der Waals surface area contributed by atoms with E-state index < -0.39 is 0 Å². The molecule has 2 aromatic carbocycles. The van der Waals surface area contributed by atoms with Gasteiger partial charge in [-0.3, -0.25) is 0 Å². The first-order valence-electron chi connectivity index (χ1n) is 6.44. The lowest BCUT2D eigenvalue weighted by Crippen LogP contribution is -2.07. The predicted molar refractivity (Wildman–Crippen MR) is 77.4 cm³/mol. The number of ether oxygens (including phenoxy) is 1. The number of aliphatic hydroxyl groups excluding tert-OH is 1. The molecular formula is C16H18FNO2. The second-order valence-electron chi connectivity index (χ2n) is 4.62. The second-order valence-corrected chi connectivity index (χ2v) is 4.62. The largest absolute Gasteiger partial charge is 0.494 e. The molecular weight excluding hydrogens is 257 g/mol. The Kier molecular flexibility index (Phi) is 4.58. The summed E-state index contributed by atoms with van der Waals surface area (Å²) in [6, 6.07) is 12.4. The summed E-state index contributed by atoms with van der Waals surface area (Å²) < 4.78 is 18.4. The molecule has 0 amide bonds. The number of methoxy groups -OCH3 is 1. The van der Waals surface area contributed by atoms with Crippen molar-refractivity contribution < 1.29 is 14.2 Å². The van der Waals surface area contributed by atoms with Gasteiger partial charge in [-0.15, -0.1) is 0 Å². The van der Waals surface area contributed by atoms with Crippen molar-refractivity contribution >= 4 is 5.69 Å².